The molecule has 1 aromatic carbocycles. The Bertz CT molecular complexity index is 667. The number of anilines is 1. The van der Waals surface area contributed by atoms with Gasteiger partial charge in [0, 0.05) is 24.6 Å². The van der Waals surface area contributed by atoms with Gasteiger partial charge in [0.15, 0.2) is 17.3 Å². The molecule has 2 aromatic rings. The number of thiophene rings is 1. The number of amides is 1. The van der Waals surface area contributed by atoms with Crippen molar-refractivity contribution in [2.24, 2.45) is 0 Å². The summed E-state index contributed by atoms with van der Waals surface area (Å²) in [6.45, 7) is 0. The van der Waals surface area contributed by atoms with Gasteiger partial charge in [-0.15, -0.1) is 11.3 Å². The Kier molecular flexibility index (Phi) is 6.17. The van der Waals surface area contributed by atoms with Gasteiger partial charge in [0.05, 0.1) is 19.1 Å². The number of methoxy groups -OCH3 is 2. The van der Waals surface area contributed by atoms with Gasteiger partial charge in [-0.2, -0.15) is 0 Å². The number of hydrogen-bond donors (Lipinski definition) is 1. The minimum atomic E-state index is -0.129. The lowest BCUT2D eigenvalue weighted by molar-refractivity contribution is -0.116. The highest BCUT2D eigenvalue weighted by Crippen LogP contribution is 2.29. The summed E-state index contributed by atoms with van der Waals surface area (Å²) >= 11 is 1.42. The second-order valence-corrected chi connectivity index (χ2v) is 5.82. The molecule has 0 fully saturated rings. The fourth-order valence-electron chi connectivity index (χ4n) is 2.11. The van der Waals surface area contributed by atoms with Crippen LogP contribution in [0.3, 0.4) is 0 Å². The molecule has 0 saturated heterocycles. The largest absolute Gasteiger partial charge is 0.493 e. The van der Waals surface area contributed by atoms with Crippen molar-refractivity contribution in [1.29, 1.82) is 0 Å². The predicted molar refractivity (Wildman–Crippen MR) is 90.7 cm³/mol. The zero-order chi connectivity index (χ0) is 16.7. The molecular formula is C17H19NO4S. The van der Waals surface area contributed by atoms with Gasteiger partial charge in [-0.3, -0.25) is 9.59 Å². The van der Waals surface area contributed by atoms with E-state index in [1.807, 2.05) is 11.4 Å². The standard InChI is InChI=1S/C17H19NO4S/c1-21-14-9-8-12(11-15(14)22-2)18-17(20)7-3-5-13(19)16-6-4-10-23-16/h4,6,8-11H,3,5,7H2,1-2H3,(H,18,20). The van der Waals surface area contributed by atoms with E-state index in [2.05, 4.69) is 5.32 Å². The van der Waals surface area contributed by atoms with E-state index >= 15 is 0 Å². The summed E-state index contributed by atoms with van der Waals surface area (Å²) in [5, 5.41) is 4.67. The second-order valence-electron chi connectivity index (χ2n) is 4.87. The molecule has 0 radical (unpaired) electrons. The van der Waals surface area contributed by atoms with Crippen molar-refractivity contribution in [3.63, 3.8) is 0 Å². The fourth-order valence-corrected chi connectivity index (χ4v) is 2.80. The van der Waals surface area contributed by atoms with Gasteiger partial charge in [-0.25, -0.2) is 0 Å². The van der Waals surface area contributed by atoms with Gasteiger partial charge >= 0.3 is 0 Å². The van der Waals surface area contributed by atoms with Crippen LogP contribution >= 0.6 is 11.3 Å². The van der Waals surface area contributed by atoms with Crippen molar-refractivity contribution >= 4 is 28.7 Å². The molecule has 0 spiro atoms. The molecule has 1 heterocycles. The van der Waals surface area contributed by atoms with Crippen molar-refractivity contribution in [2.45, 2.75) is 19.3 Å². The van der Waals surface area contributed by atoms with Crippen LogP contribution in [0.5, 0.6) is 11.5 Å². The van der Waals surface area contributed by atoms with E-state index in [9.17, 15) is 9.59 Å². The molecule has 2 rings (SSSR count). The monoisotopic (exact) mass is 333 g/mol. The van der Waals surface area contributed by atoms with E-state index in [-0.39, 0.29) is 11.7 Å². The van der Waals surface area contributed by atoms with Gasteiger partial charge in [0.25, 0.3) is 0 Å². The average Bonchev–Trinajstić information content (AvgIpc) is 3.09. The minimum absolute atomic E-state index is 0.0823. The van der Waals surface area contributed by atoms with E-state index < -0.39 is 0 Å². The smallest absolute Gasteiger partial charge is 0.224 e. The normalized spacial score (nSPS) is 10.2. The lowest BCUT2D eigenvalue weighted by Crippen LogP contribution is -2.12. The number of carbonyl (C=O) groups is 2. The van der Waals surface area contributed by atoms with E-state index in [1.54, 1.807) is 38.5 Å². The van der Waals surface area contributed by atoms with Gasteiger partial charge in [0.2, 0.25) is 5.91 Å². The van der Waals surface area contributed by atoms with E-state index in [0.29, 0.717) is 36.4 Å². The minimum Gasteiger partial charge on any atom is -0.493 e. The number of benzene rings is 1. The number of rotatable bonds is 8. The van der Waals surface area contributed by atoms with Crippen LogP contribution in [-0.4, -0.2) is 25.9 Å². The SMILES string of the molecule is COc1ccc(NC(=O)CCCC(=O)c2cccs2)cc1OC. The quantitative estimate of drug-likeness (QED) is 0.747. The second kappa shape index (κ2) is 8.33. The van der Waals surface area contributed by atoms with Crippen molar-refractivity contribution in [3.05, 3.63) is 40.6 Å². The van der Waals surface area contributed by atoms with Gasteiger partial charge in [-0.05, 0) is 30.0 Å². The topological polar surface area (TPSA) is 64.6 Å². The van der Waals surface area contributed by atoms with E-state index in [0.717, 1.165) is 4.88 Å². The summed E-state index contributed by atoms with van der Waals surface area (Å²) in [6, 6.07) is 8.83. The first-order chi connectivity index (χ1) is 11.1. The van der Waals surface area contributed by atoms with Gasteiger partial charge < -0.3 is 14.8 Å². The molecule has 6 heteroatoms. The Hall–Kier alpha value is -2.34. The summed E-state index contributed by atoms with van der Waals surface area (Å²) < 4.78 is 10.3. The van der Waals surface area contributed by atoms with E-state index in [1.165, 1.54) is 11.3 Å². The Labute approximate surface area is 139 Å². The molecule has 0 saturated carbocycles. The molecule has 5 nitrogen and oxygen atoms in total. The maximum Gasteiger partial charge on any atom is 0.224 e. The highest BCUT2D eigenvalue weighted by atomic mass is 32.1. The van der Waals surface area contributed by atoms with Crippen LogP contribution in [0.1, 0.15) is 28.9 Å². The molecular weight excluding hydrogens is 314 g/mol. The molecule has 1 aromatic heterocycles. The van der Waals surface area contributed by atoms with Crippen LogP contribution in [0, 0.1) is 0 Å². The maximum atomic E-state index is 11.9. The number of nitrogens with one attached hydrogen (secondary N) is 1. The third-order valence-electron chi connectivity index (χ3n) is 3.27. The fraction of sp³-hybridized carbons (Fsp3) is 0.294. The predicted octanol–water partition coefficient (Wildman–Crippen LogP) is 3.76. The first kappa shape index (κ1) is 17.0. The highest BCUT2D eigenvalue weighted by molar-refractivity contribution is 7.12. The average molecular weight is 333 g/mol. The molecule has 0 aliphatic heterocycles. The molecule has 0 unspecified atom stereocenters. The summed E-state index contributed by atoms with van der Waals surface area (Å²) in [5.74, 6) is 1.11. The third kappa shape index (κ3) is 4.82. The van der Waals surface area contributed by atoms with Crippen LogP contribution < -0.4 is 14.8 Å². The zero-order valence-corrected chi connectivity index (χ0v) is 13.9. The molecule has 0 aliphatic rings. The number of ketones is 1. The maximum absolute atomic E-state index is 11.9. The van der Waals surface area contributed by atoms with E-state index in [4.69, 9.17) is 9.47 Å². The summed E-state index contributed by atoms with van der Waals surface area (Å²) in [7, 11) is 3.10. The molecule has 122 valence electrons. The Morgan fingerprint density at radius 2 is 1.87 bits per heavy atom. The van der Waals surface area contributed by atoms with Crippen LogP contribution in [0.15, 0.2) is 35.7 Å². The molecule has 1 amide bonds. The van der Waals surface area contributed by atoms with Crippen LogP contribution in [0.25, 0.3) is 0 Å². The Morgan fingerprint density at radius 3 is 2.52 bits per heavy atom. The van der Waals surface area contributed by atoms with Crippen molar-refractivity contribution in [1.82, 2.24) is 0 Å². The lowest BCUT2D eigenvalue weighted by atomic mass is 10.1. The van der Waals surface area contributed by atoms with Crippen LogP contribution in [0.4, 0.5) is 5.69 Å². The highest BCUT2D eigenvalue weighted by Gasteiger charge is 2.10. The molecule has 0 aliphatic carbocycles. The Balaban J connectivity index is 1.82. The van der Waals surface area contributed by atoms with Crippen LogP contribution in [-0.2, 0) is 4.79 Å². The summed E-state index contributed by atoms with van der Waals surface area (Å²) in [4.78, 5) is 24.5. The number of hydrogen-bond acceptors (Lipinski definition) is 5. The van der Waals surface area contributed by atoms with Gasteiger partial charge in [0.1, 0.15) is 0 Å². The lowest BCUT2D eigenvalue weighted by Gasteiger charge is -2.10. The van der Waals surface area contributed by atoms with Gasteiger partial charge in [-0.1, -0.05) is 6.07 Å². The number of Topliss-reactive ketones (excluding diaryl/α,β-unsaturated/α-hetero) is 1. The first-order valence-corrected chi connectivity index (χ1v) is 8.10. The molecule has 1 N–H and O–H groups in total. The summed E-state index contributed by atoms with van der Waals surface area (Å²) in [6.07, 6.45) is 1.20. The number of ether oxygens (including phenoxy) is 2. The van der Waals surface area contributed by atoms with Crippen molar-refractivity contribution in [3.8, 4) is 11.5 Å². The number of carbonyl (C=O) groups excluding carboxylic acids is 2. The molecule has 23 heavy (non-hydrogen) atoms. The first-order valence-electron chi connectivity index (χ1n) is 7.22. The van der Waals surface area contributed by atoms with Crippen molar-refractivity contribution in [2.75, 3.05) is 19.5 Å². The molecule has 0 bridgehead atoms. The Morgan fingerprint density at radius 1 is 1.09 bits per heavy atom. The third-order valence-corrected chi connectivity index (χ3v) is 4.18. The molecule has 0 atom stereocenters. The summed E-state index contributed by atoms with van der Waals surface area (Å²) in [5.41, 5.74) is 0.636. The van der Waals surface area contributed by atoms with Crippen LogP contribution in [0.2, 0.25) is 0 Å². The zero-order valence-electron chi connectivity index (χ0n) is 13.1. The van der Waals surface area contributed by atoms with Crippen molar-refractivity contribution < 1.29 is 19.1 Å².